The van der Waals surface area contributed by atoms with E-state index in [4.69, 9.17) is 4.74 Å². The number of pyridine rings is 1. The van der Waals surface area contributed by atoms with Crippen molar-refractivity contribution in [3.63, 3.8) is 0 Å². The Balaban J connectivity index is 2.07. The maximum Gasteiger partial charge on any atom is 0.323 e. The zero-order valence-electron chi connectivity index (χ0n) is 10.2. The lowest BCUT2D eigenvalue weighted by Crippen LogP contribution is -2.37. The number of hydrogen-bond donors (Lipinski definition) is 1. The zero-order chi connectivity index (χ0) is 13.0. The molecule has 6 nitrogen and oxygen atoms in total. The molecule has 96 valence electrons. The maximum absolute atomic E-state index is 11.4. The van der Waals surface area contributed by atoms with Gasteiger partial charge in [0.15, 0.2) is 10.8 Å². The standard InChI is InChI=1S/C11H14N4O2S/c1-12-8(10(16)17-2)7-18-11-14-13-9-5-3-4-6-15(9)11/h3-6,8,12H,7H2,1-2H3. The van der Waals surface area contributed by atoms with E-state index in [9.17, 15) is 4.79 Å². The Kier molecular flexibility index (Phi) is 4.16. The molecule has 0 fully saturated rings. The van der Waals surface area contributed by atoms with E-state index < -0.39 is 0 Å². The molecule has 0 amide bonds. The summed E-state index contributed by atoms with van der Waals surface area (Å²) >= 11 is 1.46. The van der Waals surface area contributed by atoms with Gasteiger partial charge in [0, 0.05) is 11.9 Å². The number of ether oxygens (including phenoxy) is 1. The second-order valence-corrected chi connectivity index (χ2v) is 4.57. The number of carbonyl (C=O) groups is 1. The number of esters is 1. The summed E-state index contributed by atoms with van der Waals surface area (Å²) in [4.78, 5) is 11.4. The van der Waals surface area contributed by atoms with Gasteiger partial charge in [-0.25, -0.2) is 0 Å². The molecular weight excluding hydrogens is 252 g/mol. The lowest BCUT2D eigenvalue weighted by molar-refractivity contribution is -0.142. The topological polar surface area (TPSA) is 68.5 Å². The monoisotopic (exact) mass is 266 g/mol. The first-order chi connectivity index (χ1) is 8.76. The molecular formula is C11H14N4O2S. The Morgan fingerprint density at radius 3 is 3.11 bits per heavy atom. The zero-order valence-corrected chi connectivity index (χ0v) is 11.0. The van der Waals surface area contributed by atoms with Gasteiger partial charge in [-0.3, -0.25) is 9.20 Å². The fourth-order valence-electron chi connectivity index (χ4n) is 1.49. The predicted molar refractivity (Wildman–Crippen MR) is 68.6 cm³/mol. The van der Waals surface area contributed by atoms with Gasteiger partial charge in [-0.05, 0) is 19.2 Å². The first-order valence-corrected chi connectivity index (χ1v) is 6.42. The molecule has 1 atom stereocenters. The number of thioether (sulfide) groups is 1. The second-order valence-electron chi connectivity index (χ2n) is 3.59. The van der Waals surface area contributed by atoms with Gasteiger partial charge in [-0.1, -0.05) is 17.8 Å². The van der Waals surface area contributed by atoms with Gasteiger partial charge in [0.25, 0.3) is 0 Å². The van der Waals surface area contributed by atoms with Crippen molar-refractivity contribution in [3.8, 4) is 0 Å². The van der Waals surface area contributed by atoms with Crippen LogP contribution in [0.1, 0.15) is 0 Å². The van der Waals surface area contributed by atoms with Gasteiger partial charge in [0.1, 0.15) is 6.04 Å². The minimum absolute atomic E-state index is 0.279. The number of nitrogens with one attached hydrogen (secondary N) is 1. The van der Waals surface area contributed by atoms with Gasteiger partial charge in [0.2, 0.25) is 0 Å². The van der Waals surface area contributed by atoms with E-state index in [0.717, 1.165) is 10.8 Å². The van der Waals surface area contributed by atoms with Crippen LogP contribution in [0, 0.1) is 0 Å². The van der Waals surface area contributed by atoms with E-state index >= 15 is 0 Å². The van der Waals surface area contributed by atoms with Crippen molar-refractivity contribution in [3.05, 3.63) is 24.4 Å². The molecule has 0 aliphatic carbocycles. The number of nitrogens with zero attached hydrogens (tertiary/aromatic N) is 3. The predicted octanol–water partition coefficient (Wildman–Crippen LogP) is 0.582. The molecule has 0 saturated heterocycles. The van der Waals surface area contributed by atoms with Crippen molar-refractivity contribution in [2.24, 2.45) is 0 Å². The summed E-state index contributed by atoms with van der Waals surface area (Å²) < 4.78 is 6.59. The van der Waals surface area contributed by atoms with Crippen LogP contribution in [0.4, 0.5) is 0 Å². The van der Waals surface area contributed by atoms with Crippen LogP contribution >= 0.6 is 11.8 Å². The molecule has 2 aromatic rings. The van der Waals surface area contributed by atoms with Crippen LogP contribution in [-0.4, -0.2) is 46.5 Å². The molecule has 0 radical (unpaired) electrons. The summed E-state index contributed by atoms with van der Waals surface area (Å²) in [6.45, 7) is 0. The smallest absolute Gasteiger partial charge is 0.323 e. The molecule has 0 saturated carbocycles. The third-order valence-electron chi connectivity index (χ3n) is 2.50. The Bertz CT molecular complexity index is 543. The molecule has 7 heteroatoms. The van der Waals surface area contributed by atoms with Gasteiger partial charge < -0.3 is 10.1 Å². The first kappa shape index (κ1) is 12.8. The third kappa shape index (κ3) is 2.62. The highest BCUT2D eigenvalue weighted by molar-refractivity contribution is 7.99. The van der Waals surface area contributed by atoms with Gasteiger partial charge in [0.05, 0.1) is 7.11 Å². The number of likely N-dealkylation sites (N-methyl/N-ethyl adjacent to an activating group) is 1. The van der Waals surface area contributed by atoms with Gasteiger partial charge in [-0.15, -0.1) is 10.2 Å². The van der Waals surface area contributed by atoms with Gasteiger partial charge in [-0.2, -0.15) is 0 Å². The summed E-state index contributed by atoms with van der Waals surface area (Å²) in [5.74, 6) is 0.262. The van der Waals surface area contributed by atoms with Crippen LogP contribution in [-0.2, 0) is 9.53 Å². The number of fused-ring (bicyclic) bond motifs is 1. The number of hydrogen-bond acceptors (Lipinski definition) is 6. The average molecular weight is 266 g/mol. The molecule has 2 aromatic heterocycles. The minimum Gasteiger partial charge on any atom is -0.468 e. The fraction of sp³-hybridized carbons (Fsp3) is 0.364. The van der Waals surface area contributed by atoms with Gasteiger partial charge >= 0.3 is 5.97 Å². The van der Waals surface area contributed by atoms with E-state index in [0.29, 0.717) is 5.75 Å². The molecule has 1 unspecified atom stereocenters. The summed E-state index contributed by atoms with van der Waals surface area (Å²) in [7, 11) is 3.11. The molecule has 0 aliphatic heterocycles. The van der Waals surface area contributed by atoms with E-state index in [2.05, 4.69) is 15.5 Å². The van der Waals surface area contributed by atoms with E-state index in [1.54, 1.807) is 7.05 Å². The average Bonchev–Trinajstić information content (AvgIpc) is 2.82. The lowest BCUT2D eigenvalue weighted by atomic mass is 10.3. The van der Waals surface area contributed by atoms with E-state index in [1.807, 2.05) is 28.8 Å². The van der Waals surface area contributed by atoms with Crippen LogP contribution < -0.4 is 5.32 Å². The van der Waals surface area contributed by atoms with Crippen LogP contribution in [0.3, 0.4) is 0 Å². The Morgan fingerprint density at radius 1 is 1.56 bits per heavy atom. The van der Waals surface area contributed by atoms with Crippen molar-refractivity contribution < 1.29 is 9.53 Å². The highest BCUT2D eigenvalue weighted by Gasteiger charge is 2.18. The first-order valence-electron chi connectivity index (χ1n) is 5.44. The number of methoxy groups -OCH3 is 1. The summed E-state index contributed by atoms with van der Waals surface area (Å²) in [6.07, 6.45) is 1.89. The van der Waals surface area contributed by atoms with Crippen molar-refractivity contribution in [2.45, 2.75) is 11.2 Å². The molecule has 0 bridgehead atoms. The molecule has 18 heavy (non-hydrogen) atoms. The number of aromatic nitrogens is 3. The SMILES string of the molecule is CNC(CSc1nnc2ccccn12)C(=O)OC. The largest absolute Gasteiger partial charge is 0.468 e. The summed E-state index contributed by atoms with van der Waals surface area (Å²) in [5, 5.41) is 11.8. The summed E-state index contributed by atoms with van der Waals surface area (Å²) in [6, 6.07) is 5.35. The second kappa shape index (κ2) is 5.83. The van der Waals surface area contributed by atoms with E-state index in [-0.39, 0.29) is 12.0 Å². The lowest BCUT2D eigenvalue weighted by Gasteiger charge is -2.11. The van der Waals surface area contributed by atoms with Crippen LogP contribution in [0.15, 0.2) is 29.6 Å². The molecule has 0 aliphatic rings. The molecule has 2 rings (SSSR count). The molecule has 1 N–H and O–H groups in total. The normalized spacial score (nSPS) is 12.6. The van der Waals surface area contributed by atoms with E-state index in [1.165, 1.54) is 18.9 Å². The molecule has 0 aromatic carbocycles. The van der Waals surface area contributed by atoms with Crippen molar-refractivity contribution in [1.29, 1.82) is 0 Å². The third-order valence-corrected chi connectivity index (χ3v) is 3.53. The van der Waals surface area contributed by atoms with Crippen molar-refractivity contribution in [1.82, 2.24) is 19.9 Å². The molecule has 2 heterocycles. The quantitative estimate of drug-likeness (QED) is 0.631. The van der Waals surface area contributed by atoms with Crippen LogP contribution in [0.2, 0.25) is 0 Å². The molecule has 0 spiro atoms. The van der Waals surface area contributed by atoms with Crippen molar-refractivity contribution in [2.75, 3.05) is 19.9 Å². The number of carbonyl (C=O) groups excluding carboxylic acids is 1. The summed E-state index contributed by atoms with van der Waals surface area (Å²) in [5.41, 5.74) is 0.791. The van der Waals surface area contributed by atoms with Crippen LogP contribution in [0.25, 0.3) is 5.65 Å². The minimum atomic E-state index is -0.351. The Morgan fingerprint density at radius 2 is 2.39 bits per heavy atom. The van der Waals surface area contributed by atoms with Crippen LogP contribution in [0.5, 0.6) is 0 Å². The maximum atomic E-state index is 11.4. The Labute approximate surface area is 109 Å². The highest BCUT2D eigenvalue weighted by Crippen LogP contribution is 2.17. The Hall–Kier alpha value is -1.60. The number of rotatable bonds is 5. The highest BCUT2D eigenvalue weighted by atomic mass is 32.2. The van der Waals surface area contributed by atoms with Crippen molar-refractivity contribution >= 4 is 23.4 Å². The fourth-order valence-corrected chi connectivity index (χ4v) is 2.50.